The molecule has 0 saturated heterocycles. The van der Waals surface area contributed by atoms with E-state index in [4.69, 9.17) is 5.11 Å². The third kappa shape index (κ3) is 3.61. The van der Waals surface area contributed by atoms with Gasteiger partial charge < -0.3 is 10.4 Å². The van der Waals surface area contributed by atoms with Crippen LogP contribution in [0.3, 0.4) is 0 Å². The van der Waals surface area contributed by atoms with E-state index in [0.717, 1.165) is 0 Å². The first-order chi connectivity index (χ1) is 7.52. The first-order valence-electron chi connectivity index (χ1n) is 4.38. The van der Waals surface area contributed by atoms with Gasteiger partial charge in [-0.1, -0.05) is 62.2 Å². The summed E-state index contributed by atoms with van der Waals surface area (Å²) in [6, 6.07) is 7.81. The third-order valence-corrected chi connectivity index (χ3v) is 2.80. The van der Waals surface area contributed by atoms with E-state index in [-0.39, 0.29) is 5.78 Å². The average molecular weight is 351 g/mol. The monoisotopic (exact) mass is 349 g/mol. The van der Waals surface area contributed by atoms with Gasteiger partial charge in [0.15, 0.2) is 5.78 Å². The molecule has 4 nitrogen and oxygen atoms in total. The molecule has 1 atom stereocenters. The summed E-state index contributed by atoms with van der Waals surface area (Å²) < 4.78 is -0.586. The third-order valence-electron chi connectivity index (χ3n) is 1.90. The van der Waals surface area contributed by atoms with Crippen LogP contribution in [-0.4, -0.2) is 20.7 Å². The Morgan fingerprint density at radius 1 is 1.19 bits per heavy atom. The maximum atomic E-state index is 11.8. The number of amides is 1. The number of carbonyl (C=O) groups excluding carboxylic acids is 1. The molecule has 0 aliphatic rings. The highest BCUT2D eigenvalue weighted by molar-refractivity contribution is 9.25. The van der Waals surface area contributed by atoms with E-state index < -0.39 is 15.9 Å². The second kappa shape index (κ2) is 6.00. The lowest BCUT2D eigenvalue weighted by Crippen LogP contribution is -2.34. The van der Waals surface area contributed by atoms with Crippen molar-refractivity contribution in [3.05, 3.63) is 35.9 Å². The Labute approximate surface area is 109 Å². The van der Waals surface area contributed by atoms with Gasteiger partial charge >= 0.3 is 6.09 Å². The lowest BCUT2D eigenvalue weighted by atomic mass is 10.0. The lowest BCUT2D eigenvalue weighted by molar-refractivity contribution is -0.119. The molecule has 16 heavy (non-hydrogen) atoms. The molecule has 0 heterocycles. The molecule has 0 saturated carbocycles. The summed E-state index contributed by atoms with van der Waals surface area (Å²) in [5, 5.41) is 10.9. The zero-order valence-corrected chi connectivity index (χ0v) is 11.2. The van der Waals surface area contributed by atoms with Gasteiger partial charge in [-0.25, -0.2) is 4.79 Å². The molecule has 1 aromatic rings. The molecule has 0 fully saturated rings. The zero-order chi connectivity index (χ0) is 12.1. The van der Waals surface area contributed by atoms with Crippen molar-refractivity contribution in [2.75, 3.05) is 0 Å². The van der Waals surface area contributed by atoms with E-state index >= 15 is 0 Å². The van der Waals surface area contributed by atoms with Gasteiger partial charge in [-0.2, -0.15) is 0 Å². The number of ketones is 1. The van der Waals surface area contributed by atoms with Crippen LogP contribution in [0.1, 0.15) is 11.6 Å². The van der Waals surface area contributed by atoms with Gasteiger partial charge in [0, 0.05) is 0 Å². The van der Waals surface area contributed by atoms with Crippen molar-refractivity contribution in [1.82, 2.24) is 5.32 Å². The quantitative estimate of drug-likeness (QED) is 0.820. The number of halogens is 2. The van der Waals surface area contributed by atoms with Crippen LogP contribution in [0.4, 0.5) is 4.79 Å². The number of benzene rings is 1. The van der Waals surface area contributed by atoms with Gasteiger partial charge in [-0.05, 0) is 5.56 Å². The normalized spacial score (nSPS) is 12.2. The molecule has 0 bridgehead atoms. The molecule has 1 rings (SSSR count). The SMILES string of the molecule is O=C(O)N[C@H](C(=O)C(Br)Br)c1ccccc1. The minimum atomic E-state index is -1.23. The van der Waals surface area contributed by atoms with Gasteiger partial charge in [0.1, 0.15) is 9.78 Å². The maximum absolute atomic E-state index is 11.8. The van der Waals surface area contributed by atoms with Crippen LogP contribution >= 0.6 is 31.9 Å². The highest BCUT2D eigenvalue weighted by Gasteiger charge is 2.26. The van der Waals surface area contributed by atoms with Crippen molar-refractivity contribution >= 4 is 43.7 Å². The Kier molecular flexibility index (Phi) is 4.95. The summed E-state index contributed by atoms with van der Waals surface area (Å²) in [5.41, 5.74) is 0.610. The average Bonchev–Trinajstić information content (AvgIpc) is 2.26. The Morgan fingerprint density at radius 2 is 1.75 bits per heavy atom. The molecular formula is C10H9Br2NO3. The molecule has 0 aliphatic heterocycles. The van der Waals surface area contributed by atoms with E-state index in [1.54, 1.807) is 30.3 Å². The molecule has 1 aromatic carbocycles. The number of alkyl halides is 2. The van der Waals surface area contributed by atoms with Crippen LogP contribution in [0.15, 0.2) is 30.3 Å². The standard InChI is InChI=1S/C10H9Br2NO3/c11-9(12)8(14)7(13-10(15)16)6-4-2-1-3-5-6/h1-5,7,9,13H,(H,15,16)/t7-/m0/s1. The van der Waals surface area contributed by atoms with Crippen LogP contribution in [0.25, 0.3) is 0 Å². The molecule has 1 amide bonds. The van der Waals surface area contributed by atoms with E-state index in [1.807, 2.05) is 0 Å². The zero-order valence-electron chi connectivity index (χ0n) is 8.06. The molecule has 0 radical (unpaired) electrons. The van der Waals surface area contributed by atoms with E-state index in [1.165, 1.54) is 0 Å². The van der Waals surface area contributed by atoms with E-state index in [0.29, 0.717) is 5.56 Å². The summed E-state index contributed by atoms with van der Waals surface area (Å²) in [6.07, 6.45) is -1.23. The first kappa shape index (κ1) is 13.2. The van der Waals surface area contributed by atoms with Crippen molar-refractivity contribution in [2.45, 2.75) is 9.78 Å². The summed E-state index contributed by atoms with van der Waals surface area (Å²) in [4.78, 5) is 22.4. The number of hydrogen-bond donors (Lipinski definition) is 2. The van der Waals surface area contributed by atoms with Crippen molar-refractivity contribution in [3.63, 3.8) is 0 Å². The maximum Gasteiger partial charge on any atom is 0.405 e. The lowest BCUT2D eigenvalue weighted by Gasteiger charge is -2.16. The van der Waals surface area contributed by atoms with Crippen LogP contribution in [0.2, 0.25) is 0 Å². The highest BCUT2D eigenvalue weighted by atomic mass is 79.9. The Hall–Kier alpha value is -0.880. The Morgan fingerprint density at radius 3 is 2.19 bits per heavy atom. The van der Waals surface area contributed by atoms with Gasteiger partial charge in [0.2, 0.25) is 0 Å². The smallest absolute Gasteiger partial charge is 0.405 e. The molecule has 0 spiro atoms. The van der Waals surface area contributed by atoms with Gasteiger partial charge in [0.05, 0.1) is 0 Å². The Bertz CT molecular complexity index is 381. The van der Waals surface area contributed by atoms with E-state index in [2.05, 4.69) is 37.2 Å². The fourth-order valence-electron chi connectivity index (χ4n) is 1.21. The summed E-state index contributed by atoms with van der Waals surface area (Å²) in [6.45, 7) is 0. The van der Waals surface area contributed by atoms with Gasteiger partial charge in [-0.15, -0.1) is 0 Å². The minimum absolute atomic E-state index is 0.298. The number of carbonyl (C=O) groups is 2. The van der Waals surface area contributed by atoms with Crippen molar-refractivity contribution < 1.29 is 14.7 Å². The molecule has 86 valence electrons. The molecular weight excluding hydrogens is 342 g/mol. The number of carboxylic acid groups (broad SMARTS) is 1. The van der Waals surface area contributed by atoms with Crippen molar-refractivity contribution in [1.29, 1.82) is 0 Å². The van der Waals surface area contributed by atoms with Crippen molar-refractivity contribution in [2.24, 2.45) is 0 Å². The van der Waals surface area contributed by atoms with Crippen LogP contribution in [-0.2, 0) is 4.79 Å². The second-order valence-corrected chi connectivity index (χ2v) is 6.06. The fourth-order valence-corrected chi connectivity index (χ4v) is 1.74. The minimum Gasteiger partial charge on any atom is -0.465 e. The molecule has 6 heteroatoms. The molecule has 0 unspecified atom stereocenters. The topological polar surface area (TPSA) is 66.4 Å². The van der Waals surface area contributed by atoms with Gasteiger partial charge in [0.25, 0.3) is 0 Å². The first-order valence-corrected chi connectivity index (χ1v) is 6.22. The number of rotatable bonds is 4. The second-order valence-electron chi connectivity index (χ2n) is 3.00. The number of hydrogen-bond acceptors (Lipinski definition) is 2. The Balaban J connectivity index is 2.96. The van der Waals surface area contributed by atoms with Crippen LogP contribution in [0.5, 0.6) is 0 Å². The molecule has 0 aliphatic carbocycles. The summed E-state index contributed by atoms with van der Waals surface area (Å²) in [7, 11) is 0. The fraction of sp³-hybridized carbons (Fsp3) is 0.200. The number of Topliss-reactive ketones (excluding diaryl/α,β-unsaturated/α-hetero) is 1. The van der Waals surface area contributed by atoms with Crippen LogP contribution < -0.4 is 5.32 Å². The molecule has 2 N–H and O–H groups in total. The predicted octanol–water partition coefficient (Wildman–Crippen LogP) is 2.68. The summed E-state index contributed by atoms with van der Waals surface area (Å²) >= 11 is 6.12. The van der Waals surface area contributed by atoms with Crippen molar-refractivity contribution in [3.8, 4) is 0 Å². The van der Waals surface area contributed by atoms with Crippen LogP contribution in [0, 0.1) is 0 Å². The highest BCUT2D eigenvalue weighted by Crippen LogP contribution is 2.21. The van der Waals surface area contributed by atoms with Gasteiger partial charge in [-0.3, -0.25) is 4.79 Å². The number of nitrogens with one attached hydrogen (secondary N) is 1. The largest absolute Gasteiger partial charge is 0.465 e. The summed E-state index contributed by atoms with van der Waals surface area (Å²) in [5.74, 6) is -0.298. The predicted molar refractivity (Wildman–Crippen MR) is 67.0 cm³/mol. The van der Waals surface area contributed by atoms with E-state index in [9.17, 15) is 9.59 Å². The molecule has 0 aromatic heterocycles.